The summed E-state index contributed by atoms with van der Waals surface area (Å²) in [6.45, 7) is 6.88. The fraction of sp³-hybridized carbons (Fsp3) is 0.958. The second-order valence-electron chi connectivity index (χ2n) is 8.16. The average molecular weight is 400 g/mol. The van der Waals surface area contributed by atoms with Gasteiger partial charge in [0.15, 0.2) is 0 Å². The van der Waals surface area contributed by atoms with Crippen LogP contribution in [0.4, 0.5) is 0 Å². The Morgan fingerprint density at radius 1 is 0.750 bits per heavy atom. The van der Waals surface area contributed by atoms with Gasteiger partial charge in [0.05, 0.1) is 19.1 Å². The summed E-state index contributed by atoms with van der Waals surface area (Å²) in [5, 5.41) is 11.9. The van der Waals surface area contributed by atoms with E-state index in [4.69, 9.17) is 9.84 Å². The highest BCUT2D eigenvalue weighted by Gasteiger charge is 2.19. The van der Waals surface area contributed by atoms with Crippen molar-refractivity contribution in [2.45, 2.75) is 117 Å². The number of esters is 1. The molecule has 0 saturated heterocycles. The molecule has 2 N–H and O–H groups in total. The number of aliphatic hydroxyl groups is 1. The zero-order valence-electron chi connectivity index (χ0n) is 19.0. The number of unbranched alkanes of at least 4 members (excludes halogenated alkanes) is 11. The minimum Gasteiger partial charge on any atom is -0.465 e. The minimum absolute atomic E-state index is 0.0506. The molecule has 0 aliphatic rings. The van der Waals surface area contributed by atoms with Gasteiger partial charge in [-0.05, 0) is 32.2 Å². The Balaban J connectivity index is 3.90. The standard InChI is InChI=1S/C24H49NO3/c1-3-5-7-9-10-14-18-23(17-13-8-6-4-2)24(27)28-22-16-12-11-15-19-25-20-21-26/h23,25-26H,3-22H2,1-2H3. The van der Waals surface area contributed by atoms with Crippen LogP contribution in [0.25, 0.3) is 0 Å². The largest absolute Gasteiger partial charge is 0.465 e. The SMILES string of the molecule is CCCCCCCCC(CCCCCC)C(=O)OCCCCCCNCCO. The lowest BCUT2D eigenvalue weighted by molar-refractivity contribution is -0.149. The Hall–Kier alpha value is -0.610. The van der Waals surface area contributed by atoms with Crippen LogP contribution in [0.1, 0.15) is 117 Å². The summed E-state index contributed by atoms with van der Waals surface area (Å²) in [5.74, 6) is 0.167. The highest BCUT2D eigenvalue weighted by atomic mass is 16.5. The normalized spacial score (nSPS) is 12.2. The first kappa shape index (κ1) is 27.4. The molecule has 168 valence electrons. The molecule has 0 aliphatic carbocycles. The van der Waals surface area contributed by atoms with E-state index in [9.17, 15) is 4.79 Å². The van der Waals surface area contributed by atoms with Crippen LogP contribution in [0.2, 0.25) is 0 Å². The van der Waals surface area contributed by atoms with Gasteiger partial charge in [-0.1, -0.05) is 90.9 Å². The first-order chi connectivity index (χ1) is 13.8. The first-order valence-electron chi connectivity index (χ1n) is 12.2. The number of ether oxygens (including phenoxy) is 1. The molecule has 4 nitrogen and oxygen atoms in total. The summed E-state index contributed by atoms with van der Waals surface area (Å²) in [6.07, 6.45) is 18.9. The summed E-state index contributed by atoms with van der Waals surface area (Å²) in [4.78, 5) is 12.5. The van der Waals surface area contributed by atoms with Gasteiger partial charge in [0, 0.05) is 6.54 Å². The molecule has 0 heterocycles. The van der Waals surface area contributed by atoms with Crippen LogP contribution >= 0.6 is 0 Å². The molecular weight excluding hydrogens is 350 g/mol. The van der Waals surface area contributed by atoms with Crippen molar-refractivity contribution in [1.29, 1.82) is 0 Å². The molecule has 0 spiro atoms. The van der Waals surface area contributed by atoms with E-state index < -0.39 is 0 Å². The molecule has 0 fully saturated rings. The van der Waals surface area contributed by atoms with Gasteiger partial charge in [0.1, 0.15) is 0 Å². The monoisotopic (exact) mass is 399 g/mol. The van der Waals surface area contributed by atoms with E-state index in [1.165, 1.54) is 51.4 Å². The van der Waals surface area contributed by atoms with Gasteiger partial charge in [-0.3, -0.25) is 4.79 Å². The van der Waals surface area contributed by atoms with E-state index in [0.717, 1.165) is 57.9 Å². The Labute approximate surface area is 175 Å². The number of carbonyl (C=O) groups is 1. The van der Waals surface area contributed by atoms with Gasteiger partial charge >= 0.3 is 5.97 Å². The Bertz CT molecular complexity index is 323. The van der Waals surface area contributed by atoms with Crippen molar-refractivity contribution in [3.8, 4) is 0 Å². The van der Waals surface area contributed by atoms with Gasteiger partial charge in [0.2, 0.25) is 0 Å². The smallest absolute Gasteiger partial charge is 0.308 e. The molecule has 1 atom stereocenters. The van der Waals surface area contributed by atoms with Gasteiger partial charge < -0.3 is 15.2 Å². The number of carbonyl (C=O) groups excluding carboxylic acids is 1. The molecular formula is C24H49NO3. The average Bonchev–Trinajstić information content (AvgIpc) is 2.70. The number of hydrogen-bond donors (Lipinski definition) is 2. The van der Waals surface area contributed by atoms with E-state index in [1.807, 2.05) is 0 Å². The van der Waals surface area contributed by atoms with Crippen LogP contribution in [-0.4, -0.2) is 37.4 Å². The number of aliphatic hydroxyl groups excluding tert-OH is 1. The molecule has 0 aliphatic heterocycles. The molecule has 0 bridgehead atoms. The third-order valence-corrected chi connectivity index (χ3v) is 5.43. The lowest BCUT2D eigenvalue weighted by atomic mass is 9.94. The van der Waals surface area contributed by atoms with E-state index in [2.05, 4.69) is 19.2 Å². The second-order valence-corrected chi connectivity index (χ2v) is 8.16. The predicted octanol–water partition coefficient (Wildman–Crippen LogP) is 6.01. The molecule has 0 rings (SSSR count). The zero-order valence-corrected chi connectivity index (χ0v) is 19.0. The zero-order chi connectivity index (χ0) is 20.7. The highest BCUT2D eigenvalue weighted by Crippen LogP contribution is 2.20. The molecule has 0 aromatic rings. The molecule has 0 amide bonds. The minimum atomic E-state index is 0.0506. The van der Waals surface area contributed by atoms with Crippen LogP contribution in [-0.2, 0) is 9.53 Å². The quantitative estimate of drug-likeness (QED) is 0.173. The van der Waals surface area contributed by atoms with Gasteiger partial charge in [-0.15, -0.1) is 0 Å². The maximum Gasteiger partial charge on any atom is 0.308 e. The summed E-state index contributed by atoms with van der Waals surface area (Å²) >= 11 is 0. The van der Waals surface area contributed by atoms with Crippen molar-refractivity contribution in [2.75, 3.05) is 26.3 Å². The third-order valence-electron chi connectivity index (χ3n) is 5.43. The van der Waals surface area contributed by atoms with Crippen molar-refractivity contribution in [2.24, 2.45) is 5.92 Å². The highest BCUT2D eigenvalue weighted by molar-refractivity contribution is 5.72. The van der Waals surface area contributed by atoms with Crippen LogP contribution < -0.4 is 5.32 Å². The summed E-state index contributed by atoms with van der Waals surface area (Å²) in [7, 11) is 0. The van der Waals surface area contributed by atoms with Gasteiger partial charge in [-0.25, -0.2) is 0 Å². The van der Waals surface area contributed by atoms with Gasteiger partial charge in [0.25, 0.3) is 0 Å². The fourth-order valence-electron chi connectivity index (χ4n) is 3.57. The van der Waals surface area contributed by atoms with Crippen LogP contribution in [0.15, 0.2) is 0 Å². The molecule has 0 aromatic heterocycles. The van der Waals surface area contributed by atoms with Crippen molar-refractivity contribution < 1.29 is 14.6 Å². The number of hydrogen-bond acceptors (Lipinski definition) is 4. The number of nitrogens with one attached hydrogen (secondary N) is 1. The van der Waals surface area contributed by atoms with Crippen LogP contribution in [0.3, 0.4) is 0 Å². The van der Waals surface area contributed by atoms with E-state index in [-0.39, 0.29) is 18.5 Å². The third kappa shape index (κ3) is 18.7. The second kappa shape index (κ2) is 22.7. The summed E-state index contributed by atoms with van der Waals surface area (Å²) < 4.78 is 5.61. The lowest BCUT2D eigenvalue weighted by Crippen LogP contribution is -2.19. The van der Waals surface area contributed by atoms with E-state index in [1.54, 1.807) is 0 Å². The Morgan fingerprint density at radius 2 is 1.29 bits per heavy atom. The predicted molar refractivity (Wildman–Crippen MR) is 120 cm³/mol. The molecule has 0 saturated carbocycles. The summed E-state index contributed by atoms with van der Waals surface area (Å²) in [6, 6.07) is 0. The molecule has 1 unspecified atom stereocenters. The van der Waals surface area contributed by atoms with Crippen molar-refractivity contribution in [3.05, 3.63) is 0 Å². The fourth-order valence-corrected chi connectivity index (χ4v) is 3.57. The van der Waals surface area contributed by atoms with Crippen molar-refractivity contribution >= 4 is 5.97 Å². The number of rotatable bonds is 22. The van der Waals surface area contributed by atoms with Crippen LogP contribution in [0.5, 0.6) is 0 Å². The van der Waals surface area contributed by atoms with Crippen molar-refractivity contribution in [1.82, 2.24) is 5.32 Å². The first-order valence-corrected chi connectivity index (χ1v) is 12.2. The Kier molecular flexibility index (Phi) is 22.2. The summed E-state index contributed by atoms with van der Waals surface area (Å²) in [5.41, 5.74) is 0. The van der Waals surface area contributed by atoms with Gasteiger partial charge in [-0.2, -0.15) is 0 Å². The van der Waals surface area contributed by atoms with Crippen LogP contribution in [0, 0.1) is 5.92 Å². The molecule has 28 heavy (non-hydrogen) atoms. The van der Waals surface area contributed by atoms with Crippen molar-refractivity contribution in [3.63, 3.8) is 0 Å². The lowest BCUT2D eigenvalue weighted by Gasteiger charge is -2.16. The van der Waals surface area contributed by atoms with E-state index in [0.29, 0.717) is 13.2 Å². The maximum absolute atomic E-state index is 12.5. The molecule has 0 radical (unpaired) electrons. The Morgan fingerprint density at radius 3 is 1.93 bits per heavy atom. The maximum atomic E-state index is 12.5. The molecule has 0 aromatic carbocycles. The topological polar surface area (TPSA) is 58.6 Å². The van der Waals surface area contributed by atoms with E-state index >= 15 is 0 Å². The molecule has 4 heteroatoms.